The molecule has 0 radical (unpaired) electrons. The van der Waals surface area contributed by atoms with Gasteiger partial charge in [0.25, 0.3) is 0 Å². The first kappa shape index (κ1) is 26.2. The number of nitrogens with one attached hydrogen (secondary N) is 1. The van der Waals surface area contributed by atoms with Crippen LogP contribution in [0.25, 0.3) is 0 Å². The van der Waals surface area contributed by atoms with E-state index < -0.39 is 23.2 Å². The predicted octanol–water partition coefficient (Wildman–Crippen LogP) is 6.00. The molecule has 0 bridgehead atoms. The van der Waals surface area contributed by atoms with E-state index in [1.807, 2.05) is 0 Å². The van der Waals surface area contributed by atoms with E-state index in [4.69, 9.17) is 0 Å². The van der Waals surface area contributed by atoms with E-state index in [-0.39, 0.29) is 23.3 Å². The molecule has 34 heavy (non-hydrogen) atoms. The monoisotopic (exact) mass is 480 g/mol. The molecule has 1 aliphatic heterocycles. The number of benzene rings is 2. The van der Waals surface area contributed by atoms with Crippen LogP contribution in [0.15, 0.2) is 42.5 Å². The second-order valence-electron chi connectivity index (χ2n) is 8.95. The van der Waals surface area contributed by atoms with Crippen molar-refractivity contribution in [1.82, 2.24) is 4.90 Å². The Morgan fingerprint density at radius 1 is 1.12 bits per heavy atom. The summed E-state index contributed by atoms with van der Waals surface area (Å²) < 4.78 is 53.4. The van der Waals surface area contributed by atoms with Gasteiger partial charge in [0.05, 0.1) is 16.7 Å². The van der Waals surface area contributed by atoms with Gasteiger partial charge in [-0.3, -0.25) is 4.79 Å². The molecule has 1 saturated heterocycles. The lowest BCUT2D eigenvalue weighted by molar-refractivity contribution is -0.137. The Bertz CT molecular complexity index is 970. The van der Waals surface area contributed by atoms with Gasteiger partial charge in [0.15, 0.2) is 5.78 Å². The summed E-state index contributed by atoms with van der Waals surface area (Å²) >= 11 is 0. The van der Waals surface area contributed by atoms with Crippen molar-refractivity contribution in [1.29, 1.82) is 0 Å². The van der Waals surface area contributed by atoms with Gasteiger partial charge in [0, 0.05) is 31.7 Å². The molecule has 1 fully saturated rings. The first-order valence-corrected chi connectivity index (χ1v) is 11.8. The molecule has 186 valence electrons. The maximum Gasteiger partial charge on any atom is 0.416 e. The molecule has 0 spiro atoms. The van der Waals surface area contributed by atoms with E-state index in [1.54, 1.807) is 6.07 Å². The number of anilines is 1. The lowest BCUT2D eigenvalue weighted by Crippen LogP contribution is -2.43. The molecule has 0 aliphatic carbocycles. The van der Waals surface area contributed by atoms with E-state index in [1.165, 1.54) is 24.3 Å². The number of halogens is 4. The molecule has 0 unspecified atom stereocenters. The van der Waals surface area contributed by atoms with Crippen LogP contribution >= 0.6 is 0 Å². The largest absolute Gasteiger partial charge is 0.416 e. The number of likely N-dealkylation sites (tertiary alicyclic amines) is 1. The zero-order valence-electron chi connectivity index (χ0n) is 19.4. The molecule has 2 aromatic carbocycles. The Kier molecular flexibility index (Phi) is 8.71. The summed E-state index contributed by atoms with van der Waals surface area (Å²) in [5.74, 6) is -0.786. The van der Waals surface area contributed by atoms with E-state index in [0.29, 0.717) is 44.6 Å². The first-order chi connectivity index (χ1) is 16.1. The van der Waals surface area contributed by atoms with Crippen molar-refractivity contribution in [3.8, 4) is 0 Å². The van der Waals surface area contributed by atoms with Crippen LogP contribution in [0.3, 0.4) is 0 Å². The fourth-order valence-corrected chi connectivity index (χ4v) is 4.28. The molecule has 4 nitrogen and oxygen atoms in total. The highest BCUT2D eigenvalue weighted by atomic mass is 19.4. The summed E-state index contributed by atoms with van der Waals surface area (Å²) in [5, 5.41) is 14.1. The minimum absolute atomic E-state index is 0.0820. The molecule has 0 saturated carbocycles. The highest BCUT2D eigenvalue weighted by Crippen LogP contribution is 2.36. The number of carbonyl (C=O) groups excluding carboxylic acids is 1. The number of hydrogen-bond donors (Lipinski definition) is 2. The maximum absolute atomic E-state index is 14.4. The number of hydrogen-bond acceptors (Lipinski definition) is 4. The third-order valence-electron chi connectivity index (χ3n) is 6.42. The molecule has 2 aromatic rings. The second kappa shape index (κ2) is 11.3. The van der Waals surface area contributed by atoms with Crippen LogP contribution in [0.1, 0.15) is 66.9 Å². The fourth-order valence-electron chi connectivity index (χ4n) is 4.28. The van der Waals surface area contributed by atoms with Gasteiger partial charge in [-0.2, -0.15) is 13.2 Å². The predicted molar refractivity (Wildman–Crippen MR) is 124 cm³/mol. The summed E-state index contributed by atoms with van der Waals surface area (Å²) in [7, 11) is 0. The number of rotatable bonds is 10. The number of Topliss-reactive ketones (excluding diaryl/α,β-unsaturated/α-hetero) is 1. The summed E-state index contributed by atoms with van der Waals surface area (Å²) in [6.45, 7) is 4.44. The number of unbranched alkanes of at least 4 members (excludes halogenated alkanes) is 1. The van der Waals surface area contributed by atoms with E-state index >= 15 is 0 Å². The van der Waals surface area contributed by atoms with Crippen LogP contribution in [0.5, 0.6) is 0 Å². The molecule has 1 heterocycles. The van der Waals surface area contributed by atoms with Crippen molar-refractivity contribution < 1.29 is 27.5 Å². The number of piperidine rings is 1. The van der Waals surface area contributed by atoms with Crippen molar-refractivity contribution in [2.75, 3.05) is 31.5 Å². The van der Waals surface area contributed by atoms with Gasteiger partial charge in [-0.1, -0.05) is 25.5 Å². The first-order valence-electron chi connectivity index (χ1n) is 11.8. The SMILES string of the molecule is CCCCNc1ccc(C(=O)CCCN2CCC(O)(c3cccc(C(F)(F)F)c3)CC2)c(F)c1. The smallest absolute Gasteiger partial charge is 0.385 e. The molecule has 3 rings (SSSR count). The number of nitrogens with zero attached hydrogens (tertiary/aromatic N) is 1. The van der Waals surface area contributed by atoms with Crippen LogP contribution in [0, 0.1) is 5.82 Å². The number of ketones is 1. The summed E-state index contributed by atoms with van der Waals surface area (Å²) in [6, 6.07) is 9.45. The van der Waals surface area contributed by atoms with Gasteiger partial charge in [-0.05, 0) is 68.1 Å². The van der Waals surface area contributed by atoms with Crippen LogP contribution in [-0.2, 0) is 11.8 Å². The van der Waals surface area contributed by atoms with Crippen molar-refractivity contribution >= 4 is 11.5 Å². The van der Waals surface area contributed by atoms with E-state index in [2.05, 4.69) is 17.1 Å². The minimum Gasteiger partial charge on any atom is -0.385 e. The van der Waals surface area contributed by atoms with Crippen molar-refractivity contribution in [2.24, 2.45) is 0 Å². The Morgan fingerprint density at radius 3 is 2.50 bits per heavy atom. The molecular formula is C26H32F4N2O2. The number of alkyl halides is 3. The quantitative estimate of drug-likeness (QED) is 0.249. The normalized spacial score (nSPS) is 16.4. The molecule has 0 amide bonds. The Labute approximate surface area is 198 Å². The average Bonchev–Trinajstić information content (AvgIpc) is 2.80. The third kappa shape index (κ3) is 6.79. The molecular weight excluding hydrogens is 448 g/mol. The van der Waals surface area contributed by atoms with Crippen LogP contribution in [0.2, 0.25) is 0 Å². The van der Waals surface area contributed by atoms with Crippen molar-refractivity contribution in [3.63, 3.8) is 0 Å². The van der Waals surface area contributed by atoms with Crippen molar-refractivity contribution in [2.45, 2.75) is 57.2 Å². The summed E-state index contributed by atoms with van der Waals surface area (Å²) in [4.78, 5) is 14.5. The summed E-state index contributed by atoms with van der Waals surface area (Å²) in [5.41, 5.74) is -1.05. The fraction of sp³-hybridized carbons (Fsp3) is 0.500. The number of aliphatic hydroxyl groups is 1. The molecule has 0 aromatic heterocycles. The van der Waals surface area contributed by atoms with Gasteiger partial charge in [-0.15, -0.1) is 0 Å². The number of carbonyl (C=O) groups is 1. The van der Waals surface area contributed by atoms with Crippen LogP contribution < -0.4 is 5.32 Å². The third-order valence-corrected chi connectivity index (χ3v) is 6.42. The Morgan fingerprint density at radius 2 is 1.85 bits per heavy atom. The average molecular weight is 481 g/mol. The highest BCUT2D eigenvalue weighted by molar-refractivity contribution is 5.96. The van der Waals surface area contributed by atoms with E-state index in [0.717, 1.165) is 31.5 Å². The zero-order valence-corrected chi connectivity index (χ0v) is 19.4. The van der Waals surface area contributed by atoms with Gasteiger partial charge in [-0.25, -0.2) is 4.39 Å². The van der Waals surface area contributed by atoms with E-state index in [9.17, 15) is 27.5 Å². The standard InChI is InChI=1S/C26H32F4N2O2/c1-2-3-13-31-21-9-10-22(23(27)18-21)24(33)8-5-14-32-15-11-25(34,12-16-32)19-6-4-7-20(17-19)26(28,29)30/h4,6-7,9-10,17-18,31,34H,2-3,5,8,11-16H2,1H3. The summed E-state index contributed by atoms with van der Waals surface area (Å²) in [6.07, 6.45) is -1.08. The van der Waals surface area contributed by atoms with Crippen molar-refractivity contribution in [3.05, 3.63) is 65.0 Å². The topological polar surface area (TPSA) is 52.6 Å². The lowest BCUT2D eigenvalue weighted by Gasteiger charge is -2.38. The van der Waals surface area contributed by atoms with Crippen LogP contribution in [-0.4, -0.2) is 42.0 Å². The molecule has 2 N–H and O–H groups in total. The van der Waals surface area contributed by atoms with Gasteiger partial charge in [0.1, 0.15) is 5.82 Å². The molecule has 0 atom stereocenters. The minimum atomic E-state index is -4.45. The molecule has 1 aliphatic rings. The Balaban J connectivity index is 1.47. The second-order valence-corrected chi connectivity index (χ2v) is 8.95. The molecule has 8 heteroatoms. The Hall–Kier alpha value is -2.45. The van der Waals surface area contributed by atoms with Gasteiger partial charge < -0.3 is 15.3 Å². The van der Waals surface area contributed by atoms with Gasteiger partial charge >= 0.3 is 6.18 Å². The zero-order chi connectivity index (χ0) is 24.8. The van der Waals surface area contributed by atoms with Crippen LogP contribution in [0.4, 0.5) is 23.2 Å². The lowest BCUT2D eigenvalue weighted by atomic mass is 9.83. The maximum atomic E-state index is 14.4. The van der Waals surface area contributed by atoms with Gasteiger partial charge in [0.2, 0.25) is 0 Å². The highest BCUT2D eigenvalue weighted by Gasteiger charge is 2.37.